The van der Waals surface area contributed by atoms with E-state index < -0.39 is 0 Å². The van der Waals surface area contributed by atoms with Gasteiger partial charge in [0.15, 0.2) is 5.65 Å². The van der Waals surface area contributed by atoms with Crippen molar-refractivity contribution in [3.63, 3.8) is 0 Å². The van der Waals surface area contributed by atoms with Gasteiger partial charge in [-0.25, -0.2) is 9.50 Å². The summed E-state index contributed by atoms with van der Waals surface area (Å²) in [7, 11) is 0. The average Bonchev–Trinajstić information content (AvgIpc) is 3.23. The molecule has 1 fully saturated rings. The second-order valence-corrected chi connectivity index (χ2v) is 7.41. The molecule has 130 valence electrons. The molecule has 5 heterocycles. The Hall–Kier alpha value is -2.21. The average molecular weight is 336 g/mol. The van der Waals surface area contributed by atoms with E-state index in [4.69, 9.17) is 0 Å². The summed E-state index contributed by atoms with van der Waals surface area (Å²) in [6.45, 7) is 8.29. The summed E-state index contributed by atoms with van der Waals surface area (Å²) in [5.74, 6) is 0. The Bertz CT molecular complexity index is 952. The molecule has 0 N–H and O–H groups in total. The van der Waals surface area contributed by atoms with Crippen molar-refractivity contribution >= 4 is 5.65 Å². The molecule has 6 nitrogen and oxygen atoms in total. The highest BCUT2D eigenvalue weighted by Crippen LogP contribution is 2.44. The van der Waals surface area contributed by atoms with Crippen molar-refractivity contribution in [3.05, 3.63) is 46.7 Å². The number of rotatable bonds is 3. The lowest BCUT2D eigenvalue weighted by Gasteiger charge is -2.36. The lowest BCUT2D eigenvalue weighted by Crippen LogP contribution is -2.38. The highest BCUT2D eigenvalue weighted by molar-refractivity contribution is 5.44. The molecule has 2 aliphatic rings. The standard InChI is InChI=1S/C19H24N6/c1-4-24-13(3)14(9-21-24)11-23-15-5-6-17(23)16-10-20-19-7-12(2)22-25(19)18(16)8-15/h7,9-10,15,17H,4-6,8,11H2,1-3H3/t15-,17-/m1/s1. The SMILES string of the molecule is CCn1ncc(CN2[C@@H]3CC[C@@H]2c2cnc4cc(C)nn4c2C3)c1C. The molecule has 3 aromatic heterocycles. The van der Waals surface area contributed by atoms with Crippen LogP contribution < -0.4 is 0 Å². The number of nitrogens with zero attached hydrogens (tertiary/aromatic N) is 6. The molecule has 6 heteroatoms. The topological polar surface area (TPSA) is 51.2 Å². The van der Waals surface area contributed by atoms with Gasteiger partial charge < -0.3 is 0 Å². The first-order chi connectivity index (χ1) is 12.2. The van der Waals surface area contributed by atoms with Gasteiger partial charge in [-0.05, 0) is 33.6 Å². The quantitative estimate of drug-likeness (QED) is 0.738. The lowest BCUT2D eigenvalue weighted by atomic mass is 9.98. The van der Waals surface area contributed by atoms with Crippen molar-refractivity contribution in [2.24, 2.45) is 0 Å². The zero-order valence-electron chi connectivity index (χ0n) is 15.1. The van der Waals surface area contributed by atoms with Crippen LogP contribution in [0.3, 0.4) is 0 Å². The van der Waals surface area contributed by atoms with E-state index in [2.05, 4.69) is 55.4 Å². The van der Waals surface area contributed by atoms with E-state index in [0.717, 1.165) is 30.9 Å². The van der Waals surface area contributed by atoms with Gasteiger partial charge in [0.1, 0.15) is 0 Å². The summed E-state index contributed by atoms with van der Waals surface area (Å²) in [5, 5.41) is 9.20. The second-order valence-electron chi connectivity index (χ2n) is 7.41. The van der Waals surface area contributed by atoms with Gasteiger partial charge in [-0.1, -0.05) is 0 Å². The van der Waals surface area contributed by atoms with Crippen molar-refractivity contribution in [2.75, 3.05) is 0 Å². The van der Waals surface area contributed by atoms with Crippen molar-refractivity contribution in [1.82, 2.24) is 29.3 Å². The van der Waals surface area contributed by atoms with Crippen LogP contribution in [-0.4, -0.2) is 35.3 Å². The molecule has 3 aromatic rings. The zero-order valence-corrected chi connectivity index (χ0v) is 15.1. The molecule has 1 saturated heterocycles. The Morgan fingerprint density at radius 3 is 2.88 bits per heavy atom. The molecule has 5 rings (SSSR count). The molecule has 0 radical (unpaired) electrons. The first-order valence-corrected chi connectivity index (χ1v) is 9.27. The van der Waals surface area contributed by atoms with Gasteiger partial charge in [-0.3, -0.25) is 9.58 Å². The fourth-order valence-corrected chi connectivity index (χ4v) is 4.70. The van der Waals surface area contributed by atoms with Crippen LogP contribution in [0.15, 0.2) is 18.5 Å². The molecule has 0 aliphatic carbocycles. The molecule has 0 aromatic carbocycles. The maximum absolute atomic E-state index is 4.68. The number of aryl methyl sites for hydroxylation is 2. The van der Waals surface area contributed by atoms with Crippen LogP contribution >= 0.6 is 0 Å². The Morgan fingerprint density at radius 1 is 1.20 bits per heavy atom. The van der Waals surface area contributed by atoms with Gasteiger partial charge in [0.25, 0.3) is 0 Å². The fourth-order valence-electron chi connectivity index (χ4n) is 4.70. The van der Waals surface area contributed by atoms with Gasteiger partial charge in [-0.15, -0.1) is 0 Å². The Kier molecular flexibility index (Phi) is 3.25. The first-order valence-electron chi connectivity index (χ1n) is 9.27. The van der Waals surface area contributed by atoms with E-state index in [9.17, 15) is 0 Å². The number of aromatic nitrogens is 5. The highest BCUT2D eigenvalue weighted by Gasteiger charge is 2.41. The number of fused-ring (bicyclic) bond motifs is 6. The smallest absolute Gasteiger partial charge is 0.155 e. The molecule has 0 saturated carbocycles. The Labute approximate surface area is 147 Å². The minimum Gasteiger partial charge on any atom is -0.288 e. The molecular formula is C19H24N6. The maximum atomic E-state index is 4.68. The van der Waals surface area contributed by atoms with Crippen LogP contribution in [0.1, 0.15) is 54.0 Å². The maximum Gasteiger partial charge on any atom is 0.155 e. The van der Waals surface area contributed by atoms with Gasteiger partial charge in [0, 0.05) is 60.7 Å². The van der Waals surface area contributed by atoms with E-state index in [1.165, 1.54) is 35.4 Å². The van der Waals surface area contributed by atoms with Crippen LogP contribution in [0, 0.1) is 13.8 Å². The van der Waals surface area contributed by atoms with Crippen molar-refractivity contribution in [3.8, 4) is 0 Å². The number of hydrogen-bond acceptors (Lipinski definition) is 4. The van der Waals surface area contributed by atoms with Crippen LogP contribution in [0.4, 0.5) is 0 Å². The zero-order chi connectivity index (χ0) is 17.1. The van der Waals surface area contributed by atoms with E-state index in [1.807, 2.05) is 13.1 Å². The van der Waals surface area contributed by atoms with E-state index in [-0.39, 0.29) is 0 Å². The number of hydrogen-bond donors (Lipinski definition) is 0. The molecule has 0 spiro atoms. The second kappa shape index (κ2) is 5.39. The molecule has 0 amide bonds. The molecule has 25 heavy (non-hydrogen) atoms. The third-order valence-corrected chi connectivity index (χ3v) is 6.03. The summed E-state index contributed by atoms with van der Waals surface area (Å²) < 4.78 is 4.17. The summed E-state index contributed by atoms with van der Waals surface area (Å²) in [6.07, 6.45) is 7.67. The molecule has 2 atom stereocenters. The van der Waals surface area contributed by atoms with Crippen molar-refractivity contribution in [2.45, 2.75) is 65.2 Å². The van der Waals surface area contributed by atoms with Crippen LogP contribution in [0.25, 0.3) is 5.65 Å². The first kappa shape index (κ1) is 15.1. The van der Waals surface area contributed by atoms with Crippen LogP contribution in [0.5, 0.6) is 0 Å². The summed E-state index contributed by atoms with van der Waals surface area (Å²) in [6, 6.07) is 3.12. The predicted molar refractivity (Wildman–Crippen MR) is 95.4 cm³/mol. The normalized spacial score (nSPS) is 22.7. The molecule has 0 unspecified atom stereocenters. The van der Waals surface area contributed by atoms with Gasteiger partial charge in [-0.2, -0.15) is 10.2 Å². The summed E-state index contributed by atoms with van der Waals surface area (Å²) in [4.78, 5) is 7.33. The summed E-state index contributed by atoms with van der Waals surface area (Å²) in [5.41, 5.74) is 7.39. The lowest BCUT2D eigenvalue weighted by molar-refractivity contribution is 0.164. The largest absolute Gasteiger partial charge is 0.288 e. The van der Waals surface area contributed by atoms with Crippen molar-refractivity contribution in [1.29, 1.82) is 0 Å². The fraction of sp³-hybridized carbons (Fsp3) is 0.526. The Balaban J connectivity index is 1.53. The third-order valence-electron chi connectivity index (χ3n) is 6.03. The minimum absolute atomic E-state index is 0.458. The highest BCUT2D eigenvalue weighted by atomic mass is 15.3. The molecule has 2 aliphatic heterocycles. The van der Waals surface area contributed by atoms with Crippen molar-refractivity contribution < 1.29 is 0 Å². The van der Waals surface area contributed by atoms with E-state index in [0.29, 0.717) is 12.1 Å². The third kappa shape index (κ3) is 2.16. The van der Waals surface area contributed by atoms with Gasteiger partial charge in [0.2, 0.25) is 0 Å². The van der Waals surface area contributed by atoms with E-state index >= 15 is 0 Å². The Morgan fingerprint density at radius 2 is 2.08 bits per heavy atom. The monoisotopic (exact) mass is 336 g/mol. The summed E-state index contributed by atoms with van der Waals surface area (Å²) >= 11 is 0. The van der Waals surface area contributed by atoms with Gasteiger partial charge in [0.05, 0.1) is 17.6 Å². The van der Waals surface area contributed by atoms with Gasteiger partial charge >= 0.3 is 0 Å². The minimum atomic E-state index is 0.458. The van der Waals surface area contributed by atoms with E-state index in [1.54, 1.807) is 0 Å². The van der Waals surface area contributed by atoms with Crippen LogP contribution in [-0.2, 0) is 19.5 Å². The molecular weight excluding hydrogens is 312 g/mol. The predicted octanol–water partition coefficient (Wildman–Crippen LogP) is 2.82. The molecule has 2 bridgehead atoms. The van der Waals surface area contributed by atoms with Crippen LogP contribution in [0.2, 0.25) is 0 Å².